The monoisotopic (exact) mass is 291 g/mol. The number of hydrogen-bond donors (Lipinski definition) is 0. The molecule has 2 aromatic rings. The van der Waals surface area contributed by atoms with Gasteiger partial charge < -0.3 is 0 Å². The van der Waals surface area contributed by atoms with Crippen molar-refractivity contribution < 1.29 is 4.79 Å². The maximum absolute atomic E-state index is 13.0. The third-order valence-electron chi connectivity index (χ3n) is 4.73. The van der Waals surface area contributed by atoms with E-state index in [2.05, 4.69) is 29.3 Å². The van der Waals surface area contributed by atoms with Crippen molar-refractivity contribution in [3.63, 3.8) is 0 Å². The van der Waals surface area contributed by atoms with Crippen LogP contribution >= 0.6 is 0 Å². The molecule has 0 aliphatic carbocycles. The first-order valence-electron chi connectivity index (χ1n) is 7.57. The Bertz CT molecular complexity index is 729. The highest BCUT2D eigenvalue weighted by Gasteiger charge is 2.66. The van der Waals surface area contributed by atoms with Gasteiger partial charge in [-0.25, -0.2) is 0 Å². The molecule has 2 aromatic carbocycles. The van der Waals surface area contributed by atoms with Gasteiger partial charge in [-0.2, -0.15) is 10.2 Å². The van der Waals surface area contributed by atoms with E-state index in [1.165, 1.54) is 0 Å². The normalized spacial score (nSPS) is 29.9. The molecule has 1 fully saturated rings. The Morgan fingerprint density at radius 1 is 1.05 bits per heavy atom. The first kappa shape index (κ1) is 13.2. The fourth-order valence-electron chi connectivity index (χ4n) is 3.55. The summed E-state index contributed by atoms with van der Waals surface area (Å²) >= 11 is 0. The summed E-state index contributed by atoms with van der Waals surface area (Å²) in [5, 5.41) is 8.57. The fraction of sp³-hybridized carbons (Fsp3) is 0.278. The molecule has 0 radical (unpaired) electrons. The van der Waals surface area contributed by atoms with Crippen LogP contribution in [0.3, 0.4) is 0 Å². The zero-order valence-corrected chi connectivity index (χ0v) is 12.4. The van der Waals surface area contributed by atoms with Crippen molar-refractivity contribution in [2.45, 2.75) is 18.5 Å². The minimum Gasteiger partial charge on any atom is -0.300 e. The van der Waals surface area contributed by atoms with Gasteiger partial charge in [-0.3, -0.25) is 9.69 Å². The van der Waals surface area contributed by atoms with Gasteiger partial charge in [0.25, 0.3) is 5.91 Å². The quantitative estimate of drug-likeness (QED) is 0.779. The van der Waals surface area contributed by atoms with E-state index in [0.29, 0.717) is 6.54 Å². The van der Waals surface area contributed by atoms with E-state index in [1.807, 2.05) is 53.4 Å². The maximum Gasteiger partial charge on any atom is 0.260 e. The average molecular weight is 291 g/mol. The van der Waals surface area contributed by atoms with Crippen LogP contribution < -0.4 is 4.90 Å². The lowest BCUT2D eigenvalue weighted by Crippen LogP contribution is -2.69. The zero-order chi connectivity index (χ0) is 15.2. The second kappa shape index (κ2) is 4.77. The number of hydrogen-bond acceptors (Lipinski definition) is 3. The van der Waals surface area contributed by atoms with Crippen molar-refractivity contribution in [2.75, 3.05) is 11.4 Å². The van der Waals surface area contributed by atoms with Gasteiger partial charge in [0.05, 0.1) is 12.6 Å². The molecule has 2 aliphatic rings. The summed E-state index contributed by atoms with van der Waals surface area (Å²) < 4.78 is 0. The van der Waals surface area contributed by atoms with Crippen LogP contribution in [0.2, 0.25) is 0 Å². The smallest absolute Gasteiger partial charge is 0.260 e. The predicted molar refractivity (Wildman–Crippen MR) is 84.7 cm³/mol. The number of para-hydroxylation sites is 1. The molecule has 1 saturated heterocycles. The topological polar surface area (TPSA) is 45.0 Å². The summed E-state index contributed by atoms with van der Waals surface area (Å²) in [6.07, 6.45) is 0. The molecule has 4 nitrogen and oxygen atoms in total. The van der Waals surface area contributed by atoms with E-state index in [0.717, 1.165) is 11.3 Å². The molecule has 0 saturated carbocycles. The minimum absolute atomic E-state index is 0.0568. The van der Waals surface area contributed by atoms with Crippen LogP contribution in [0.5, 0.6) is 0 Å². The number of azo groups is 1. The summed E-state index contributed by atoms with van der Waals surface area (Å²) in [4.78, 5) is 14.8. The molecule has 2 aliphatic heterocycles. The van der Waals surface area contributed by atoms with Gasteiger partial charge in [-0.15, -0.1) is 0 Å². The minimum atomic E-state index is -0.725. The third kappa shape index (κ3) is 1.61. The zero-order valence-electron chi connectivity index (χ0n) is 12.4. The second-order valence-corrected chi connectivity index (χ2v) is 5.97. The molecule has 1 spiro atoms. The van der Waals surface area contributed by atoms with Gasteiger partial charge >= 0.3 is 0 Å². The van der Waals surface area contributed by atoms with Crippen LogP contribution in [0, 0.1) is 5.92 Å². The summed E-state index contributed by atoms with van der Waals surface area (Å²) in [5.74, 6) is 0.187. The highest BCUT2D eigenvalue weighted by Crippen LogP contribution is 2.54. The standard InChI is InChI=1S/C18H17N3O/c1-13-12-19-20-18(13)16(14-8-4-2-5-9-14)21(17(18)22)15-10-6-3-7-11-15/h2-11,13,16H,12H2,1H3/t13-,16+,18-/m1/s1. The van der Waals surface area contributed by atoms with E-state index in [-0.39, 0.29) is 17.9 Å². The van der Waals surface area contributed by atoms with E-state index >= 15 is 0 Å². The molecule has 0 bridgehead atoms. The molecule has 3 atom stereocenters. The fourth-order valence-corrected chi connectivity index (χ4v) is 3.55. The highest BCUT2D eigenvalue weighted by atomic mass is 16.2. The molecule has 1 amide bonds. The molecular formula is C18H17N3O. The molecule has 0 unspecified atom stereocenters. The van der Waals surface area contributed by atoms with Crippen LogP contribution in [0.15, 0.2) is 70.9 Å². The van der Waals surface area contributed by atoms with Gasteiger partial charge in [0, 0.05) is 11.6 Å². The Hall–Kier alpha value is -2.49. The number of carbonyl (C=O) groups is 1. The number of β-lactam (4-membered cyclic amide) rings is 1. The van der Waals surface area contributed by atoms with Gasteiger partial charge in [-0.05, 0) is 17.7 Å². The SMILES string of the molecule is C[C@@H]1CN=N[C@]12C(=O)N(c1ccccc1)[C@H]2c1ccccc1. The van der Waals surface area contributed by atoms with Crippen LogP contribution in [-0.2, 0) is 4.79 Å². The van der Waals surface area contributed by atoms with E-state index in [4.69, 9.17) is 0 Å². The predicted octanol–water partition coefficient (Wildman–Crippen LogP) is 3.62. The maximum atomic E-state index is 13.0. The molecule has 110 valence electrons. The van der Waals surface area contributed by atoms with Gasteiger partial charge in [-0.1, -0.05) is 55.5 Å². The van der Waals surface area contributed by atoms with Crippen LogP contribution in [0.4, 0.5) is 5.69 Å². The molecule has 0 aromatic heterocycles. The van der Waals surface area contributed by atoms with Crippen molar-refractivity contribution in [1.29, 1.82) is 0 Å². The molecular weight excluding hydrogens is 274 g/mol. The first-order valence-corrected chi connectivity index (χ1v) is 7.57. The number of benzene rings is 2. The highest BCUT2D eigenvalue weighted by molar-refractivity contribution is 6.09. The first-order chi connectivity index (χ1) is 10.7. The van der Waals surface area contributed by atoms with Crippen LogP contribution in [0.25, 0.3) is 0 Å². The van der Waals surface area contributed by atoms with Crippen molar-refractivity contribution in [1.82, 2.24) is 0 Å². The van der Waals surface area contributed by atoms with Crippen LogP contribution in [0.1, 0.15) is 18.5 Å². The lowest BCUT2D eigenvalue weighted by molar-refractivity contribution is -0.134. The second-order valence-electron chi connectivity index (χ2n) is 5.97. The average Bonchev–Trinajstić information content (AvgIpc) is 2.97. The van der Waals surface area contributed by atoms with E-state index in [9.17, 15) is 4.79 Å². The number of rotatable bonds is 2. The van der Waals surface area contributed by atoms with Gasteiger partial charge in [0.1, 0.15) is 0 Å². The Morgan fingerprint density at radius 3 is 2.27 bits per heavy atom. The lowest BCUT2D eigenvalue weighted by atomic mass is 9.68. The van der Waals surface area contributed by atoms with Crippen molar-refractivity contribution in [2.24, 2.45) is 16.1 Å². The van der Waals surface area contributed by atoms with Gasteiger partial charge in [0.2, 0.25) is 0 Å². The summed E-state index contributed by atoms with van der Waals surface area (Å²) in [6.45, 7) is 2.69. The summed E-state index contributed by atoms with van der Waals surface area (Å²) in [6, 6.07) is 19.9. The Labute approximate surface area is 129 Å². The Morgan fingerprint density at radius 2 is 1.68 bits per heavy atom. The van der Waals surface area contributed by atoms with Gasteiger partial charge in [0.15, 0.2) is 5.54 Å². The van der Waals surface area contributed by atoms with Crippen molar-refractivity contribution in [3.8, 4) is 0 Å². The number of amides is 1. The molecule has 2 heterocycles. The Balaban J connectivity index is 1.83. The molecule has 0 N–H and O–H groups in total. The third-order valence-corrected chi connectivity index (χ3v) is 4.73. The van der Waals surface area contributed by atoms with E-state index < -0.39 is 5.54 Å². The van der Waals surface area contributed by atoms with E-state index in [1.54, 1.807) is 0 Å². The molecule has 22 heavy (non-hydrogen) atoms. The van der Waals surface area contributed by atoms with Crippen molar-refractivity contribution in [3.05, 3.63) is 66.2 Å². The summed E-state index contributed by atoms with van der Waals surface area (Å²) in [5.41, 5.74) is 1.30. The largest absolute Gasteiger partial charge is 0.300 e. The molecule has 4 rings (SSSR count). The lowest BCUT2D eigenvalue weighted by Gasteiger charge is -2.53. The number of nitrogens with zero attached hydrogens (tertiary/aromatic N) is 3. The number of carbonyl (C=O) groups excluding carboxylic acids is 1. The van der Waals surface area contributed by atoms with Crippen molar-refractivity contribution >= 4 is 11.6 Å². The molecule has 4 heteroatoms. The van der Waals surface area contributed by atoms with Crippen LogP contribution in [-0.4, -0.2) is 18.0 Å². The number of anilines is 1. The summed E-state index contributed by atoms with van der Waals surface area (Å²) in [7, 11) is 0. The Kier molecular flexibility index (Phi) is 2.86.